The van der Waals surface area contributed by atoms with Gasteiger partial charge in [-0.2, -0.15) is 0 Å². The van der Waals surface area contributed by atoms with E-state index in [9.17, 15) is 0 Å². The Morgan fingerprint density at radius 3 is 1.44 bits per heavy atom. The lowest BCUT2D eigenvalue weighted by molar-refractivity contribution is -0.423. The summed E-state index contributed by atoms with van der Waals surface area (Å²) in [5.74, 6) is 1.23. The van der Waals surface area contributed by atoms with E-state index in [1.165, 1.54) is 119 Å². The predicted octanol–water partition coefficient (Wildman–Crippen LogP) is 11.6. The van der Waals surface area contributed by atoms with Crippen LogP contribution in [0.25, 0.3) is 43.1 Å². The molecule has 9 rings (SSSR count). The maximum Gasteiger partial charge on any atom is 0.244 e. The highest BCUT2D eigenvalue weighted by molar-refractivity contribution is 6.17. The summed E-state index contributed by atoms with van der Waals surface area (Å²) in [6, 6.07) is 36.9. The summed E-state index contributed by atoms with van der Waals surface area (Å²) in [4.78, 5) is 2.65. The van der Waals surface area contributed by atoms with E-state index < -0.39 is 0 Å². The van der Waals surface area contributed by atoms with Crippen molar-refractivity contribution in [1.29, 1.82) is 0 Å². The molecule has 2 saturated carbocycles. The zero-order valence-corrected chi connectivity index (χ0v) is 26.3. The molecule has 0 amide bonds. The second kappa shape index (κ2) is 11.3. The molecular weight excluding hydrogens is 544 g/mol. The highest BCUT2D eigenvalue weighted by Gasteiger charge is 2.34. The van der Waals surface area contributed by atoms with Crippen LogP contribution in [0.4, 0.5) is 11.4 Å². The lowest BCUT2D eigenvalue weighted by Crippen LogP contribution is -2.22. The van der Waals surface area contributed by atoms with Gasteiger partial charge in [-0.05, 0) is 69.8 Å². The van der Waals surface area contributed by atoms with Gasteiger partial charge in [0.1, 0.15) is 24.5 Å². The van der Waals surface area contributed by atoms with Crippen molar-refractivity contribution in [2.45, 2.75) is 76.0 Å². The molecule has 1 aliphatic heterocycles. The van der Waals surface area contributed by atoms with Crippen LogP contribution in [-0.4, -0.2) is 24.0 Å². The fourth-order valence-corrected chi connectivity index (χ4v) is 9.37. The van der Waals surface area contributed by atoms with Gasteiger partial charge in [0.05, 0.1) is 0 Å². The first-order valence-corrected chi connectivity index (χ1v) is 17.6. The smallest absolute Gasteiger partial charge is 0.229 e. The Hall–Kier alpha value is -4.17. The molecule has 1 heterocycles. The molecule has 0 unspecified atom stereocenters. The molecule has 45 heavy (non-hydrogen) atoms. The Balaban J connectivity index is 1.30. The van der Waals surface area contributed by atoms with Gasteiger partial charge < -0.3 is 0 Å². The maximum absolute atomic E-state index is 2.65. The fourth-order valence-electron chi connectivity index (χ4n) is 9.37. The van der Waals surface area contributed by atoms with E-state index in [1.807, 2.05) is 0 Å². The van der Waals surface area contributed by atoms with E-state index in [1.54, 1.807) is 11.1 Å². The summed E-state index contributed by atoms with van der Waals surface area (Å²) >= 11 is 0. The molecule has 0 bridgehead atoms. The molecule has 0 spiro atoms. The first kappa shape index (κ1) is 27.2. The van der Waals surface area contributed by atoms with Crippen molar-refractivity contribution in [2.75, 3.05) is 18.0 Å². The molecule has 0 aromatic heterocycles. The summed E-state index contributed by atoms with van der Waals surface area (Å²) < 4.78 is 2.65. The van der Waals surface area contributed by atoms with Crippen LogP contribution in [0.3, 0.4) is 0 Å². The number of fused-ring (bicyclic) bond motifs is 6. The number of anilines is 1. The Morgan fingerprint density at radius 1 is 0.444 bits per heavy atom. The normalized spacial score (nSPS) is 18.4. The van der Waals surface area contributed by atoms with Gasteiger partial charge in [-0.25, -0.2) is 9.48 Å². The van der Waals surface area contributed by atoms with Crippen molar-refractivity contribution >= 4 is 60.8 Å². The van der Waals surface area contributed by atoms with Crippen LogP contribution in [-0.2, 0) is 0 Å². The minimum absolute atomic E-state index is 0.616. The van der Waals surface area contributed by atoms with Gasteiger partial charge in [-0.1, -0.05) is 136 Å². The lowest BCUT2D eigenvalue weighted by atomic mass is 9.79. The minimum Gasteiger partial charge on any atom is -0.229 e. The molecule has 2 nitrogen and oxygen atoms in total. The summed E-state index contributed by atoms with van der Waals surface area (Å²) in [5.41, 5.74) is 6.11. The zero-order chi connectivity index (χ0) is 29.7. The third-order valence-electron chi connectivity index (χ3n) is 11.4. The Bertz CT molecular complexity index is 2090. The standard InChI is InChI=1S/C43H43N2/c1-3-15-30(16-4-1)40-36-23-11-7-19-32(36)34-21-9-13-25-38(34)42(40)44-27-28-45(29-44)43-39-26-14-10-22-35(39)33-20-8-12-24-37(33)41(43)31-17-5-2-6-18-31/h7-14,19-26,29-31H,1-6,15-18,27-28H2/q+1. The van der Waals surface area contributed by atoms with Crippen LogP contribution in [0, 0.1) is 0 Å². The Labute approximate surface area is 267 Å². The lowest BCUT2D eigenvalue weighted by Gasteiger charge is -2.27. The SMILES string of the molecule is C1=[N+](c2c(C3CCCCC3)c3ccccc3c3ccccc23)CCN1c1c(C2CCCCC2)c2ccccc2c2ccccc12. The molecule has 6 aromatic rings. The first-order chi connectivity index (χ1) is 22.4. The van der Waals surface area contributed by atoms with Gasteiger partial charge >= 0.3 is 0 Å². The highest BCUT2D eigenvalue weighted by Crippen LogP contribution is 2.49. The van der Waals surface area contributed by atoms with E-state index in [0.29, 0.717) is 11.8 Å². The van der Waals surface area contributed by atoms with Crippen LogP contribution < -0.4 is 4.90 Å². The van der Waals surface area contributed by atoms with Crippen LogP contribution >= 0.6 is 0 Å². The number of rotatable bonds is 4. The Morgan fingerprint density at radius 2 is 0.867 bits per heavy atom. The molecule has 224 valence electrons. The van der Waals surface area contributed by atoms with Crippen molar-refractivity contribution in [2.24, 2.45) is 0 Å². The fraction of sp³-hybridized carbons (Fsp3) is 0.326. The van der Waals surface area contributed by atoms with E-state index in [-0.39, 0.29) is 0 Å². The van der Waals surface area contributed by atoms with Gasteiger partial charge in [0, 0.05) is 21.9 Å². The average Bonchev–Trinajstić information content (AvgIpc) is 3.60. The van der Waals surface area contributed by atoms with Crippen molar-refractivity contribution < 1.29 is 4.58 Å². The number of hydrogen-bond acceptors (Lipinski definition) is 1. The number of hydrogen-bond donors (Lipinski definition) is 0. The van der Waals surface area contributed by atoms with E-state index in [2.05, 4.69) is 113 Å². The second-order valence-corrected chi connectivity index (χ2v) is 13.9. The quantitative estimate of drug-likeness (QED) is 0.147. The Kier molecular flexibility index (Phi) is 6.83. The first-order valence-electron chi connectivity index (χ1n) is 17.6. The van der Waals surface area contributed by atoms with Gasteiger partial charge in [0.2, 0.25) is 6.34 Å². The summed E-state index contributed by atoms with van der Waals surface area (Å²) in [5, 5.41) is 11.3. The third kappa shape index (κ3) is 4.48. The molecule has 3 aliphatic rings. The molecule has 6 aromatic carbocycles. The molecule has 2 fully saturated rings. The van der Waals surface area contributed by atoms with E-state index in [4.69, 9.17) is 0 Å². The van der Waals surface area contributed by atoms with Crippen LogP contribution in [0.5, 0.6) is 0 Å². The van der Waals surface area contributed by atoms with Gasteiger partial charge in [-0.3, -0.25) is 0 Å². The van der Waals surface area contributed by atoms with Gasteiger partial charge in [-0.15, -0.1) is 0 Å². The zero-order valence-electron chi connectivity index (χ0n) is 26.3. The van der Waals surface area contributed by atoms with Gasteiger partial charge in [0.25, 0.3) is 0 Å². The van der Waals surface area contributed by atoms with E-state index >= 15 is 0 Å². The third-order valence-corrected chi connectivity index (χ3v) is 11.4. The summed E-state index contributed by atoms with van der Waals surface area (Å²) in [6.45, 7) is 2.01. The highest BCUT2D eigenvalue weighted by atomic mass is 15.3. The van der Waals surface area contributed by atoms with Crippen molar-refractivity contribution in [1.82, 2.24) is 0 Å². The van der Waals surface area contributed by atoms with Crippen molar-refractivity contribution in [3.63, 3.8) is 0 Å². The topological polar surface area (TPSA) is 6.25 Å². The molecule has 0 atom stereocenters. The number of nitrogens with zero attached hydrogens (tertiary/aromatic N) is 2. The predicted molar refractivity (Wildman–Crippen MR) is 193 cm³/mol. The second-order valence-electron chi connectivity index (χ2n) is 13.9. The van der Waals surface area contributed by atoms with Crippen LogP contribution in [0.1, 0.15) is 87.2 Å². The molecule has 2 heteroatoms. The van der Waals surface area contributed by atoms with E-state index in [0.717, 1.165) is 13.1 Å². The van der Waals surface area contributed by atoms with Crippen molar-refractivity contribution in [3.05, 3.63) is 108 Å². The minimum atomic E-state index is 0.616. The maximum atomic E-state index is 2.65. The molecular formula is C43H43N2+. The molecule has 0 saturated heterocycles. The largest absolute Gasteiger partial charge is 0.244 e. The molecule has 0 radical (unpaired) electrons. The molecule has 0 N–H and O–H groups in total. The van der Waals surface area contributed by atoms with Crippen LogP contribution in [0.15, 0.2) is 97.1 Å². The van der Waals surface area contributed by atoms with Crippen molar-refractivity contribution in [3.8, 4) is 0 Å². The molecule has 2 aliphatic carbocycles. The number of benzene rings is 6. The van der Waals surface area contributed by atoms with Crippen LogP contribution in [0.2, 0.25) is 0 Å². The average molecular weight is 588 g/mol. The summed E-state index contributed by atoms with van der Waals surface area (Å²) in [7, 11) is 0. The summed E-state index contributed by atoms with van der Waals surface area (Å²) in [6.07, 6.45) is 15.8. The van der Waals surface area contributed by atoms with Gasteiger partial charge in [0.15, 0.2) is 0 Å². The monoisotopic (exact) mass is 587 g/mol.